The number of hydrogen-bond acceptors (Lipinski definition) is 5. The molecule has 166 valence electrons. The molecule has 2 aromatic rings. The van der Waals surface area contributed by atoms with Gasteiger partial charge < -0.3 is 10.2 Å². The van der Waals surface area contributed by atoms with Crippen molar-refractivity contribution in [2.45, 2.75) is 18.9 Å². The minimum atomic E-state index is -0.291. The average Bonchev–Trinajstić information content (AvgIpc) is 3.49. The third-order valence-corrected chi connectivity index (χ3v) is 6.92. The molecule has 2 amide bonds. The Hall–Kier alpha value is -2.29. The van der Waals surface area contributed by atoms with E-state index in [2.05, 4.69) is 15.1 Å². The van der Waals surface area contributed by atoms with E-state index in [4.69, 9.17) is 0 Å². The molecule has 1 aromatic heterocycles. The van der Waals surface area contributed by atoms with Gasteiger partial charge in [-0.25, -0.2) is 4.39 Å². The van der Waals surface area contributed by atoms with Gasteiger partial charge in [-0.05, 0) is 42.0 Å². The maximum Gasteiger partial charge on any atom is 0.236 e. The molecule has 6 nitrogen and oxygen atoms in total. The van der Waals surface area contributed by atoms with Crippen LogP contribution in [0.5, 0.6) is 0 Å². The maximum atomic E-state index is 13.3. The molecule has 0 saturated carbocycles. The molecule has 0 spiro atoms. The summed E-state index contributed by atoms with van der Waals surface area (Å²) in [6.07, 6.45) is 2.22. The van der Waals surface area contributed by atoms with Gasteiger partial charge in [-0.3, -0.25) is 19.4 Å². The Morgan fingerprint density at radius 2 is 1.58 bits per heavy atom. The predicted molar refractivity (Wildman–Crippen MR) is 119 cm³/mol. The molecule has 31 heavy (non-hydrogen) atoms. The number of halogens is 1. The fourth-order valence-corrected chi connectivity index (χ4v) is 5.01. The number of benzene rings is 1. The number of thiophene rings is 1. The first-order chi connectivity index (χ1) is 15.1. The van der Waals surface area contributed by atoms with Crippen molar-refractivity contribution in [3.8, 4) is 0 Å². The molecular weight excluding hydrogens is 415 g/mol. The van der Waals surface area contributed by atoms with Crippen molar-refractivity contribution in [1.29, 1.82) is 0 Å². The van der Waals surface area contributed by atoms with Crippen LogP contribution in [0.25, 0.3) is 0 Å². The van der Waals surface area contributed by atoms with Crippen molar-refractivity contribution in [3.63, 3.8) is 0 Å². The van der Waals surface area contributed by atoms with Gasteiger partial charge in [0.15, 0.2) is 0 Å². The zero-order valence-electron chi connectivity index (χ0n) is 17.6. The molecule has 0 aliphatic carbocycles. The molecular formula is C23H29FN4O2S. The topological polar surface area (TPSA) is 55.9 Å². The highest BCUT2D eigenvalue weighted by Gasteiger charge is 2.25. The second-order valence-corrected chi connectivity index (χ2v) is 9.19. The standard InChI is InChI=1S/C23H29FN4O2S/c24-19-7-5-18(6-8-19)23(20-4-3-15-31-20)25-21(29)16-26-11-13-27(14-12-26)17-22(30)28-9-1-2-10-28/h3-8,15,23H,1-2,9-14,16-17H2,(H,25,29)/t23-/m1/s1. The van der Waals surface area contributed by atoms with E-state index in [1.54, 1.807) is 23.5 Å². The van der Waals surface area contributed by atoms with Gasteiger partial charge in [-0.2, -0.15) is 0 Å². The maximum absolute atomic E-state index is 13.3. The quantitative estimate of drug-likeness (QED) is 0.712. The summed E-state index contributed by atoms with van der Waals surface area (Å²) >= 11 is 1.57. The molecule has 1 aromatic carbocycles. The molecule has 2 saturated heterocycles. The van der Waals surface area contributed by atoms with Crippen LogP contribution < -0.4 is 5.32 Å². The summed E-state index contributed by atoms with van der Waals surface area (Å²) in [7, 11) is 0. The summed E-state index contributed by atoms with van der Waals surface area (Å²) in [6, 6.07) is 9.93. The minimum absolute atomic E-state index is 0.0516. The van der Waals surface area contributed by atoms with E-state index in [1.807, 2.05) is 22.4 Å². The van der Waals surface area contributed by atoms with Gasteiger partial charge in [0.2, 0.25) is 11.8 Å². The van der Waals surface area contributed by atoms with Crippen molar-refractivity contribution < 1.29 is 14.0 Å². The van der Waals surface area contributed by atoms with E-state index in [0.29, 0.717) is 13.1 Å². The van der Waals surface area contributed by atoms with E-state index in [9.17, 15) is 14.0 Å². The zero-order valence-corrected chi connectivity index (χ0v) is 18.5. The van der Waals surface area contributed by atoms with E-state index in [1.165, 1.54) is 12.1 Å². The SMILES string of the molecule is O=C(CN1CCN(CC(=O)N2CCCC2)CC1)N[C@H](c1ccc(F)cc1)c1cccs1. The van der Waals surface area contributed by atoms with E-state index < -0.39 is 0 Å². The third kappa shape index (κ3) is 5.90. The molecule has 2 aliphatic rings. The molecule has 0 bridgehead atoms. The summed E-state index contributed by atoms with van der Waals surface area (Å²) in [4.78, 5) is 32.4. The summed E-state index contributed by atoms with van der Waals surface area (Å²) in [5.41, 5.74) is 0.863. The van der Waals surface area contributed by atoms with Crippen LogP contribution in [0.3, 0.4) is 0 Å². The van der Waals surface area contributed by atoms with Crippen molar-refractivity contribution in [2.24, 2.45) is 0 Å². The first kappa shape index (κ1) is 21.9. The van der Waals surface area contributed by atoms with Crippen LogP contribution in [-0.2, 0) is 9.59 Å². The smallest absolute Gasteiger partial charge is 0.236 e. The number of likely N-dealkylation sites (tertiary alicyclic amines) is 1. The number of carbonyl (C=O) groups excluding carboxylic acids is 2. The van der Waals surface area contributed by atoms with Gasteiger partial charge in [-0.15, -0.1) is 11.3 Å². The normalized spacial score (nSPS) is 18.8. The van der Waals surface area contributed by atoms with Crippen LogP contribution in [0.1, 0.15) is 29.3 Å². The fourth-order valence-electron chi connectivity index (χ4n) is 4.20. The van der Waals surface area contributed by atoms with Crippen molar-refractivity contribution in [3.05, 3.63) is 58.0 Å². The van der Waals surface area contributed by atoms with Crippen LogP contribution in [0, 0.1) is 5.82 Å². The van der Waals surface area contributed by atoms with Gasteiger partial charge >= 0.3 is 0 Å². The monoisotopic (exact) mass is 444 g/mol. The Bertz CT molecular complexity index is 860. The van der Waals surface area contributed by atoms with Gasteiger partial charge in [0, 0.05) is 44.1 Å². The highest BCUT2D eigenvalue weighted by molar-refractivity contribution is 7.10. The lowest BCUT2D eigenvalue weighted by Gasteiger charge is -2.34. The summed E-state index contributed by atoms with van der Waals surface area (Å²) < 4.78 is 13.3. The number of hydrogen-bond donors (Lipinski definition) is 1. The van der Waals surface area contributed by atoms with E-state index >= 15 is 0 Å². The Labute approximate surface area is 186 Å². The predicted octanol–water partition coefficient (Wildman–Crippen LogP) is 2.33. The van der Waals surface area contributed by atoms with Crippen LogP contribution in [0.2, 0.25) is 0 Å². The van der Waals surface area contributed by atoms with Crippen LogP contribution in [0.4, 0.5) is 4.39 Å². The Morgan fingerprint density at radius 3 is 2.19 bits per heavy atom. The molecule has 2 aliphatic heterocycles. The molecule has 2 fully saturated rings. The lowest BCUT2D eigenvalue weighted by atomic mass is 10.1. The third-order valence-electron chi connectivity index (χ3n) is 5.99. The lowest BCUT2D eigenvalue weighted by Crippen LogP contribution is -2.52. The van der Waals surface area contributed by atoms with Crippen molar-refractivity contribution in [1.82, 2.24) is 20.0 Å². The first-order valence-electron chi connectivity index (χ1n) is 10.9. The minimum Gasteiger partial charge on any atom is -0.343 e. The highest BCUT2D eigenvalue weighted by Crippen LogP contribution is 2.26. The molecule has 0 unspecified atom stereocenters. The van der Waals surface area contributed by atoms with Gasteiger partial charge in [0.05, 0.1) is 19.1 Å². The molecule has 1 N–H and O–H groups in total. The van der Waals surface area contributed by atoms with Crippen molar-refractivity contribution >= 4 is 23.2 Å². The second-order valence-electron chi connectivity index (χ2n) is 8.21. The molecule has 3 heterocycles. The summed E-state index contributed by atoms with van der Waals surface area (Å²) in [5.74, 6) is -0.118. The second kappa shape index (κ2) is 10.3. The van der Waals surface area contributed by atoms with Gasteiger partial charge in [-0.1, -0.05) is 18.2 Å². The fraction of sp³-hybridized carbons (Fsp3) is 0.478. The zero-order chi connectivity index (χ0) is 21.6. The lowest BCUT2D eigenvalue weighted by molar-refractivity contribution is -0.132. The molecule has 1 atom stereocenters. The van der Waals surface area contributed by atoms with Crippen LogP contribution in [-0.4, -0.2) is 78.9 Å². The molecule has 0 radical (unpaired) electrons. The average molecular weight is 445 g/mol. The number of carbonyl (C=O) groups is 2. The summed E-state index contributed by atoms with van der Waals surface area (Å²) in [5, 5.41) is 5.09. The Morgan fingerprint density at radius 1 is 0.935 bits per heavy atom. The number of nitrogens with zero attached hydrogens (tertiary/aromatic N) is 3. The number of nitrogens with one attached hydrogen (secondary N) is 1. The summed E-state index contributed by atoms with van der Waals surface area (Å²) in [6.45, 7) is 5.68. The number of rotatable bonds is 7. The Balaban J connectivity index is 1.28. The largest absolute Gasteiger partial charge is 0.343 e. The molecule has 8 heteroatoms. The Kier molecular flexibility index (Phi) is 7.32. The van der Waals surface area contributed by atoms with E-state index in [-0.39, 0.29) is 23.7 Å². The molecule has 4 rings (SSSR count). The number of piperazine rings is 1. The van der Waals surface area contributed by atoms with E-state index in [0.717, 1.165) is 62.6 Å². The van der Waals surface area contributed by atoms with Gasteiger partial charge in [0.1, 0.15) is 5.82 Å². The highest BCUT2D eigenvalue weighted by atomic mass is 32.1. The first-order valence-corrected chi connectivity index (χ1v) is 11.8. The number of amides is 2. The van der Waals surface area contributed by atoms with Crippen LogP contribution >= 0.6 is 11.3 Å². The van der Waals surface area contributed by atoms with Crippen molar-refractivity contribution in [2.75, 3.05) is 52.4 Å². The van der Waals surface area contributed by atoms with Gasteiger partial charge in [0.25, 0.3) is 0 Å². The van der Waals surface area contributed by atoms with Crippen LogP contribution in [0.15, 0.2) is 41.8 Å².